The summed E-state index contributed by atoms with van der Waals surface area (Å²) in [7, 11) is 2.13. The van der Waals surface area contributed by atoms with Crippen molar-refractivity contribution < 1.29 is 9.90 Å². The normalized spacial score (nSPS) is 16.1. The van der Waals surface area contributed by atoms with Crippen molar-refractivity contribution in [1.82, 2.24) is 19.9 Å². The van der Waals surface area contributed by atoms with Gasteiger partial charge in [-0.15, -0.1) is 5.10 Å². The molecule has 1 fully saturated rings. The predicted octanol–water partition coefficient (Wildman–Crippen LogP) is 0.717. The first-order valence-corrected chi connectivity index (χ1v) is 6.83. The highest BCUT2D eigenvalue weighted by Crippen LogP contribution is 2.18. The smallest absolute Gasteiger partial charge is 0.358 e. The maximum absolute atomic E-state index is 10.8. The molecule has 110 valence electrons. The van der Waals surface area contributed by atoms with E-state index in [9.17, 15) is 4.79 Å². The van der Waals surface area contributed by atoms with Gasteiger partial charge >= 0.3 is 5.97 Å². The van der Waals surface area contributed by atoms with E-state index in [1.165, 1.54) is 16.6 Å². The Balaban J connectivity index is 1.75. The van der Waals surface area contributed by atoms with Crippen molar-refractivity contribution in [3.63, 3.8) is 0 Å². The van der Waals surface area contributed by atoms with Crippen LogP contribution in [0.3, 0.4) is 0 Å². The third-order valence-electron chi connectivity index (χ3n) is 3.70. The van der Waals surface area contributed by atoms with E-state index in [1.54, 1.807) is 0 Å². The van der Waals surface area contributed by atoms with Gasteiger partial charge in [0.15, 0.2) is 5.69 Å². The molecule has 0 radical (unpaired) electrons. The predicted molar refractivity (Wildman–Crippen MR) is 78.0 cm³/mol. The Morgan fingerprint density at radius 2 is 1.71 bits per heavy atom. The molecule has 2 heterocycles. The quantitative estimate of drug-likeness (QED) is 0.896. The number of aromatic carboxylic acids is 1. The summed E-state index contributed by atoms with van der Waals surface area (Å²) in [6.45, 7) is 4.16. The summed E-state index contributed by atoms with van der Waals surface area (Å²) in [6.07, 6.45) is 1.41. The van der Waals surface area contributed by atoms with Crippen molar-refractivity contribution in [1.29, 1.82) is 0 Å². The summed E-state index contributed by atoms with van der Waals surface area (Å²) < 4.78 is 1.47. The fourth-order valence-corrected chi connectivity index (χ4v) is 2.37. The number of benzene rings is 1. The van der Waals surface area contributed by atoms with Crippen LogP contribution in [-0.2, 0) is 0 Å². The highest BCUT2D eigenvalue weighted by molar-refractivity contribution is 5.84. The van der Waals surface area contributed by atoms with Gasteiger partial charge in [-0.2, -0.15) is 0 Å². The number of piperazine rings is 1. The molecule has 7 heteroatoms. The van der Waals surface area contributed by atoms with Crippen molar-refractivity contribution in [2.75, 3.05) is 38.1 Å². The van der Waals surface area contributed by atoms with Crippen molar-refractivity contribution in [3.8, 4) is 5.69 Å². The second kappa shape index (κ2) is 5.53. The van der Waals surface area contributed by atoms with E-state index in [0.717, 1.165) is 31.9 Å². The van der Waals surface area contributed by atoms with Gasteiger partial charge in [-0.25, -0.2) is 9.48 Å². The second-order valence-corrected chi connectivity index (χ2v) is 5.16. The topological polar surface area (TPSA) is 74.5 Å². The molecule has 0 aliphatic carbocycles. The molecule has 21 heavy (non-hydrogen) atoms. The molecule has 0 atom stereocenters. The van der Waals surface area contributed by atoms with Crippen LogP contribution in [0.2, 0.25) is 0 Å². The highest BCUT2D eigenvalue weighted by atomic mass is 16.4. The van der Waals surface area contributed by atoms with E-state index in [0.29, 0.717) is 0 Å². The molecule has 0 amide bonds. The number of nitrogens with zero attached hydrogens (tertiary/aromatic N) is 5. The molecule has 1 aliphatic rings. The van der Waals surface area contributed by atoms with E-state index in [4.69, 9.17) is 5.11 Å². The third kappa shape index (κ3) is 2.87. The minimum absolute atomic E-state index is 0.0573. The van der Waals surface area contributed by atoms with Crippen LogP contribution in [0.4, 0.5) is 5.69 Å². The van der Waals surface area contributed by atoms with Gasteiger partial charge < -0.3 is 14.9 Å². The summed E-state index contributed by atoms with van der Waals surface area (Å²) in [5.74, 6) is -1.07. The highest BCUT2D eigenvalue weighted by Gasteiger charge is 2.14. The lowest BCUT2D eigenvalue weighted by atomic mass is 10.2. The summed E-state index contributed by atoms with van der Waals surface area (Å²) in [4.78, 5) is 15.5. The largest absolute Gasteiger partial charge is 0.476 e. The molecule has 1 aliphatic heterocycles. The van der Waals surface area contributed by atoms with Crippen molar-refractivity contribution >= 4 is 11.7 Å². The number of aromatic nitrogens is 3. The van der Waals surface area contributed by atoms with Crippen molar-refractivity contribution in [2.45, 2.75) is 0 Å². The molecule has 0 saturated carbocycles. The zero-order valence-electron chi connectivity index (χ0n) is 11.8. The summed E-state index contributed by atoms with van der Waals surface area (Å²) in [5.41, 5.74) is 1.91. The fraction of sp³-hybridized carbons (Fsp3) is 0.357. The van der Waals surface area contributed by atoms with E-state index in [-0.39, 0.29) is 5.69 Å². The molecule has 0 unspecified atom stereocenters. The fourth-order valence-electron chi connectivity index (χ4n) is 2.37. The molecule has 7 nitrogen and oxygen atoms in total. The van der Waals surface area contributed by atoms with Crippen LogP contribution in [-0.4, -0.2) is 64.2 Å². The minimum Gasteiger partial charge on any atom is -0.476 e. The van der Waals surface area contributed by atoms with Gasteiger partial charge in [-0.3, -0.25) is 0 Å². The Morgan fingerprint density at radius 1 is 1.10 bits per heavy atom. The third-order valence-corrected chi connectivity index (χ3v) is 3.70. The lowest BCUT2D eigenvalue weighted by molar-refractivity contribution is 0.0690. The zero-order valence-corrected chi connectivity index (χ0v) is 11.8. The van der Waals surface area contributed by atoms with Crippen LogP contribution in [0.25, 0.3) is 5.69 Å². The summed E-state index contributed by atoms with van der Waals surface area (Å²) in [6, 6.07) is 7.91. The van der Waals surface area contributed by atoms with E-state index in [2.05, 4.69) is 27.2 Å². The van der Waals surface area contributed by atoms with Crippen LogP contribution in [0, 0.1) is 0 Å². The Morgan fingerprint density at radius 3 is 2.29 bits per heavy atom. The number of carboxylic acids is 1. The minimum atomic E-state index is -1.07. The van der Waals surface area contributed by atoms with Crippen molar-refractivity contribution in [2.24, 2.45) is 0 Å². The van der Waals surface area contributed by atoms with Crippen LogP contribution in [0.5, 0.6) is 0 Å². The SMILES string of the molecule is CN1CCN(c2ccc(-n3cc(C(=O)O)nn3)cc2)CC1. The number of carbonyl (C=O) groups is 1. The van der Waals surface area contributed by atoms with Gasteiger partial charge in [0.2, 0.25) is 0 Å². The second-order valence-electron chi connectivity index (χ2n) is 5.16. The number of carboxylic acid groups (broad SMARTS) is 1. The van der Waals surface area contributed by atoms with E-state index >= 15 is 0 Å². The van der Waals surface area contributed by atoms with E-state index in [1.807, 2.05) is 24.3 Å². The molecular formula is C14H17N5O2. The first-order chi connectivity index (χ1) is 10.1. The zero-order chi connectivity index (χ0) is 14.8. The van der Waals surface area contributed by atoms with Gasteiger partial charge in [-0.1, -0.05) is 5.21 Å². The number of hydrogen-bond acceptors (Lipinski definition) is 5. The molecule has 1 aromatic heterocycles. The summed E-state index contributed by atoms with van der Waals surface area (Å²) in [5, 5.41) is 16.3. The lowest BCUT2D eigenvalue weighted by Gasteiger charge is -2.34. The van der Waals surface area contributed by atoms with Crippen LogP contribution in [0.1, 0.15) is 10.5 Å². The summed E-state index contributed by atoms with van der Waals surface area (Å²) >= 11 is 0. The van der Waals surface area contributed by atoms with Gasteiger partial charge in [0.25, 0.3) is 0 Å². The Bertz CT molecular complexity index is 629. The van der Waals surface area contributed by atoms with Crippen LogP contribution in [0.15, 0.2) is 30.5 Å². The van der Waals surface area contributed by atoms with Gasteiger partial charge in [0.1, 0.15) is 0 Å². The number of rotatable bonds is 3. The number of likely N-dealkylation sites (N-methyl/N-ethyl adjacent to an activating group) is 1. The van der Waals surface area contributed by atoms with E-state index < -0.39 is 5.97 Å². The molecule has 0 bridgehead atoms. The first kappa shape index (κ1) is 13.6. The average molecular weight is 287 g/mol. The molecular weight excluding hydrogens is 270 g/mol. The number of hydrogen-bond donors (Lipinski definition) is 1. The number of anilines is 1. The lowest BCUT2D eigenvalue weighted by Crippen LogP contribution is -2.44. The molecule has 1 aromatic carbocycles. The standard InChI is InChI=1S/C14H17N5O2/c1-17-6-8-18(9-7-17)11-2-4-12(5-3-11)19-10-13(14(20)21)15-16-19/h2-5,10H,6-9H2,1H3,(H,20,21). The van der Waals surface area contributed by atoms with Gasteiger partial charge in [0.05, 0.1) is 11.9 Å². The van der Waals surface area contributed by atoms with Gasteiger partial charge in [-0.05, 0) is 31.3 Å². The van der Waals surface area contributed by atoms with Crippen LogP contribution >= 0.6 is 0 Å². The molecule has 3 rings (SSSR count). The Labute approximate surface area is 122 Å². The molecule has 0 spiro atoms. The molecule has 1 saturated heterocycles. The Kier molecular flexibility index (Phi) is 3.57. The maximum atomic E-state index is 10.8. The monoisotopic (exact) mass is 287 g/mol. The molecule has 1 N–H and O–H groups in total. The maximum Gasteiger partial charge on any atom is 0.358 e. The van der Waals surface area contributed by atoms with Crippen molar-refractivity contribution in [3.05, 3.63) is 36.2 Å². The Hall–Kier alpha value is -2.41. The average Bonchev–Trinajstić information content (AvgIpc) is 2.98. The molecule has 2 aromatic rings. The first-order valence-electron chi connectivity index (χ1n) is 6.83. The van der Waals surface area contributed by atoms with Gasteiger partial charge in [0, 0.05) is 31.9 Å². The van der Waals surface area contributed by atoms with Crippen LogP contribution < -0.4 is 4.90 Å².